The Kier molecular flexibility index (Phi) is 5.58. The largest absolute Gasteiger partial charge is 0.449 e. The van der Waals surface area contributed by atoms with Gasteiger partial charge in [-0.1, -0.05) is 36.8 Å². The molecular formula is C22H19N3O4S. The molecule has 0 spiro atoms. The number of aromatic nitrogens is 2. The first-order valence-corrected chi connectivity index (χ1v) is 10.3. The van der Waals surface area contributed by atoms with Crippen molar-refractivity contribution < 1.29 is 18.7 Å². The predicted molar refractivity (Wildman–Crippen MR) is 114 cm³/mol. The van der Waals surface area contributed by atoms with Crippen LogP contribution in [-0.2, 0) is 9.53 Å². The van der Waals surface area contributed by atoms with Crippen LogP contribution in [0.3, 0.4) is 0 Å². The number of thiazole rings is 1. The lowest BCUT2D eigenvalue weighted by molar-refractivity contribution is -0.124. The van der Waals surface area contributed by atoms with Gasteiger partial charge in [0.25, 0.3) is 5.91 Å². The molecule has 1 atom stereocenters. The molecule has 1 unspecified atom stereocenters. The highest BCUT2D eigenvalue weighted by Crippen LogP contribution is 2.25. The van der Waals surface area contributed by atoms with Gasteiger partial charge >= 0.3 is 5.97 Å². The second kappa shape index (κ2) is 8.46. The number of benzene rings is 2. The molecule has 1 amide bonds. The van der Waals surface area contributed by atoms with Crippen LogP contribution >= 0.6 is 11.3 Å². The van der Waals surface area contributed by atoms with Crippen molar-refractivity contribution in [3.63, 3.8) is 0 Å². The van der Waals surface area contributed by atoms with E-state index in [-0.39, 0.29) is 0 Å². The minimum absolute atomic E-state index is 0.304. The molecule has 0 aliphatic rings. The van der Waals surface area contributed by atoms with Gasteiger partial charge in [0.15, 0.2) is 23.2 Å². The minimum Gasteiger partial charge on any atom is -0.449 e. The summed E-state index contributed by atoms with van der Waals surface area (Å²) in [6.07, 6.45) is 0.707. The average Bonchev–Trinajstić information content (AvgIpc) is 3.41. The standard InChI is InChI=1S/C22H19N3O4S/c1-3-18(29-21(27)15-8-9-19-16(10-15)23-12-28-19)20(26)25-22-24-17(11-30-22)14-6-4-13(2)5-7-14/h4-12,18H,3H2,1-2H3,(H,24,25,26). The molecule has 152 valence electrons. The minimum atomic E-state index is -0.933. The highest BCUT2D eigenvalue weighted by Gasteiger charge is 2.23. The summed E-state index contributed by atoms with van der Waals surface area (Å²) in [6.45, 7) is 3.80. The van der Waals surface area contributed by atoms with E-state index in [0.29, 0.717) is 28.2 Å². The Bertz CT molecular complexity index is 1200. The summed E-state index contributed by atoms with van der Waals surface area (Å²) < 4.78 is 10.6. The highest BCUT2D eigenvalue weighted by molar-refractivity contribution is 7.14. The Morgan fingerprint density at radius 2 is 2.00 bits per heavy atom. The van der Waals surface area contributed by atoms with Gasteiger partial charge in [-0.15, -0.1) is 11.3 Å². The van der Waals surface area contributed by atoms with Crippen LogP contribution in [0.4, 0.5) is 5.13 Å². The molecular weight excluding hydrogens is 402 g/mol. The van der Waals surface area contributed by atoms with E-state index in [0.717, 1.165) is 16.8 Å². The number of anilines is 1. The highest BCUT2D eigenvalue weighted by atomic mass is 32.1. The van der Waals surface area contributed by atoms with Crippen molar-refractivity contribution >= 4 is 39.4 Å². The number of amides is 1. The van der Waals surface area contributed by atoms with Crippen molar-refractivity contribution in [2.24, 2.45) is 0 Å². The number of ether oxygens (including phenoxy) is 1. The fourth-order valence-corrected chi connectivity index (χ4v) is 3.60. The van der Waals surface area contributed by atoms with E-state index in [1.807, 2.05) is 36.6 Å². The maximum absolute atomic E-state index is 12.6. The van der Waals surface area contributed by atoms with Crippen molar-refractivity contribution in [2.45, 2.75) is 26.4 Å². The second-order valence-corrected chi connectivity index (χ2v) is 7.59. The van der Waals surface area contributed by atoms with Gasteiger partial charge < -0.3 is 9.15 Å². The Hall–Kier alpha value is -3.52. The third kappa shape index (κ3) is 4.23. The van der Waals surface area contributed by atoms with Gasteiger partial charge in [-0.05, 0) is 31.5 Å². The molecule has 0 saturated heterocycles. The molecule has 30 heavy (non-hydrogen) atoms. The second-order valence-electron chi connectivity index (χ2n) is 6.73. The van der Waals surface area contributed by atoms with E-state index in [4.69, 9.17) is 9.15 Å². The first kappa shape index (κ1) is 19.8. The van der Waals surface area contributed by atoms with E-state index in [9.17, 15) is 9.59 Å². The Labute approximate surface area is 176 Å². The number of rotatable bonds is 6. The van der Waals surface area contributed by atoms with Gasteiger partial charge in [0, 0.05) is 10.9 Å². The number of fused-ring (bicyclic) bond motifs is 1. The Morgan fingerprint density at radius 3 is 2.77 bits per heavy atom. The van der Waals surface area contributed by atoms with Crippen molar-refractivity contribution in [1.82, 2.24) is 9.97 Å². The zero-order valence-electron chi connectivity index (χ0n) is 16.4. The first-order valence-electron chi connectivity index (χ1n) is 9.41. The lowest BCUT2D eigenvalue weighted by atomic mass is 10.1. The third-order valence-electron chi connectivity index (χ3n) is 4.56. The quantitative estimate of drug-likeness (QED) is 0.448. The predicted octanol–water partition coefficient (Wildman–Crippen LogP) is 4.83. The van der Waals surface area contributed by atoms with Crippen LogP contribution in [0.5, 0.6) is 0 Å². The maximum atomic E-state index is 12.6. The molecule has 2 aromatic carbocycles. The van der Waals surface area contributed by atoms with Gasteiger partial charge in [0.2, 0.25) is 0 Å². The summed E-state index contributed by atoms with van der Waals surface area (Å²) in [7, 11) is 0. The molecule has 0 radical (unpaired) electrons. The fraction of sp³-hybridized carbons (Fsp3) is 0.182. The Morgan fingerprint density at radius 1 is 1.20 bits per heavy atom. The van der Waals surface area contributed by atoms with Crippen LogP contribution in [0.1, 0.15) is 29.3 Å². The van der Waals surface area contributed by atoms with Gasteiger partial charge in [-0.3, -0.25) is 10.1 Å². The lowest BCUT2D eigenvalue weighted by Crippen LogP contribution is -2.32. The topological polar surface area (TPSA) is 94.3 Å². The van der Waals surface area contributed by atoms with Crippen molar-refractivity contribution in [1.29, 1.82) is 0 Å². The summed E-state index contributed by atoms with van der Waals surface area (Å²) in [5, 5.41) is 5.07. The number of nitrogens with one attached hydrogen (secondary N) is 1. The van der Waals surface area contributed by atoms with E-state index < -0.39 is 18.0 Å². The third-order valence-corrected chi connectivity index (χ3v) is 5.32. The summed E-state index contributed by atoms with van der Waals surface area (Å²) in [5.41, 5.74) is 4.34. The zero-order valence-corrected chi connectivity index (χ0v) is 17.2. The van der Waals surface area contributed by atoms with Crippen LogP contribution in [0.2, 0.25) is 0 Å². The molecule has 0 saturated carbocycles. The lowest BCUT2D eigenvalue weighted by Gasteiger charge is -2.15. The number of carbonyl (C=O) groups is 2. The maximum Gasteiger partial charge on any atom is 0.338 e. The number of esters is 1. The van der Waals surface area contributed by atoms with Crippen LogP contribution < -0.4 is 5.32 Å². The monoisotopic (exact) mass is 421 g/mol. The summed E-state index contributed by atoms with van der Waals surface area (Å²) in [5.74, 6) is -1.01. The van der Waals surface area contributed by atoms with E-state index >= 15 is 0 Å². The van der Waals surface area contributed by atoms with Crippen LogP contribution in [-0.4, -0.2) is 27.9 Å². The van der Waals surface area contributed by atoms with Gasteiger partial charge in [-0.25, -0.2) is 14.8 Å². The number of nitrogens with zero attached hydrogens (tertiary/aromatic N) is 2. The molecule has 2 heterocycles. The van der Waals surface area contributed by atoms with Crippen LogP contribution in [0.15, 0.2) is 58.7 Å². The normalized spacial score (nSPS) is 11.9. The molecule has 0 aliphatic carbocycles. The molecule has 7 nitrogen and oxygen atoms in total. The van der Waals surface area contributed by atoms with Gasteiger partial charge in [-0.2, -0.15) is 0 Å². The number of aryl methyl sites for hydroxylation is 1. The van der Waals surface area contributed by atoms with E-state index in [2.05, 4.69) is 15.3 Å². The molecule has 0 bridgehead atoms. The average molecular weight is 421 g/mol. The van der Waals surface area contributed by atoms with E-state index in [1.165, 1.54) is 17.7 Å². The zero-order chi connectivity index (χ0) is 21.1. The smallest absolute Gasteiger partial charge is 0.338 e. The SMILES string of the molecule is CCC(OC(=O)c1ccc2ocnc2c1)C(=O)Nc1nc(-c2ccc(C)cc2)cs1. The fourth-order valence-electron chi connectivity index (χ4n) is 2.88. The number of carbonyl (C=O) groups excluding carboxylic acids is 2. The molecule has 8 heteroatoms. The van der Waals surface area contributed by atoms with Crippen molar-refractivity contribution in [2.75, 3.05) is 5.32 Å². The first-order chi connectivity index (χ1) is 14.5. The number of hydrogen-bond donors (Lipinski definition) is 1. The summed E-state index contributed by atoms with van der Waals surface area (Å²) >= 11 is 1.32. The van der Waals surface area contributed by atoms with Crippen LogP contribution in [0, 0.1) is 6.92 Å². The van der Waals surface area contributed by atoms with E-state index in [1.54, 1.807) is 25.1 Å². The molecule has 0 aliphatic heterocycles. The molecule has 0 fully saturated rings. The number of hydrogen-bond acceptors (Lipinski definition) is 7. The molecule has 1 N–H and O–H groups in total. The molecule has 4 aromatic rings. The summed E-state index contributed by atoms with van der Waals surface area (Å²) in [6, 6.07) is 12.8. The van der Waals surface area contributed by atoms with Gasteiger partial charge in [0.05, 0.1) is 11.3 Å². The van der Waals surface area contributed by atoms with Gasteiger partial charge in [0.1, 0.15) is 5.52 Å². The Balaban J connectivity index is 1.42. The van der Waals surface area contributed by atoms with Crippen molar-refractivity contribution in [3.8, 4) is 11.3 Å². The molecule has 4 rings (SSSR count). The summed E-state index contributed by atoms with van der Waals surface area (Å²) in [4.78, 5) is 33.6. The van der Waals surface area contributed by atoms with Crippen molar-refractivity contribution in [3.05, 3.63) is 65.4 Å². The van der Waals surface area contributed by atoms with Crippen LogP contribution in [0.25, 0.3) is 22.4 Å². The number of oxazole rings is 1. The molecule has 2 aromatic heterocycles.